The molecule has 1 N–H and O–H groups in total. The van der Waals surface area contributed by atoms with Crippen molar-refractivity contribution in [1.29, 1.82) is 0 Å². The van der Waals surface area contributed by atoms with Crippen LogP contribution in [0.25, 0.3) is 11.1 Å². The highest BCUT2D eigenvalue weighted by atomic mass is 35.5. The number of fused-ring (bicyclic) bond motifs is 1. The van der Waals surface area contributed by atoms with Crippen molar-refractivity contribution in [3.05, 3.63) is 57.5 Å². The van der Waals surface area contributed by atoms with Crippen LogP contribution in [0.3, 0.4) is 0 Å². The molecule has 0 fully saturated rings. The van der Waals surface area contributed by atoms with Gasteiger partial charge in [0.05, 0.1) is 16.1 Å². The molecule has 0 radical (unpaired) electrons. The van der Waals surface area contributed by atoms with Gasteiger partial charge in [-0.15, -0.1) is 0 Å². The van der Waals surface area contributed by atoms with E-state index < -0.39 is 15.8 Å². The number of anilines is 1. The van der Waals surface area contributed by atoms with E-state index in [4.69, 9.17) is 16.0 Å². The molecule has 0 aliphatic rings. The first kappa shape index (κ1) is 15.6. The predicted molar refractivity (Wildman–Crippen MR) is 88.5 cm³/mol. The third-order valence-electron chi connectivity index (χ3n) is 3.50. The van der Waals surface area contributed by atoms with Gasteiger partial charge in [-0.1, -0.05) is 17.7 Å². The largest absolute Gasteiger partial charge is 0.419 e. The minimum Gasteiger partial charge on any atom is -0.408 e. The summed E-state index contributed by atoms with van der Waals surface area (Å²) in [6.07, 6.45) is 0. The number of hydrogen-bond donors (Lipinski definition) is 1. The van der Waals surface area contributed by atoms with Gasteiger partial charge in [-0.2, -0.15) is 0 Å². The Morgan fingerprint density at radius 2 is 1.91 bits per heavy atom. The smallest absolute Gasteiger partial charge is 0.408 e. The molecule has 6 nitrogen and oxygen atoms in total. The molecule has 3 rings (SSSR count). The summed E-state index contributed by atoms with van der Waals surface area (Å²) >= 11 is 5.98. The van der Waals surface area contributed by atoms with Gasteiger partial charge in [0.15, 0.2) is 5.58 Å². The van der Waals surface area contributed by atoms with Crippen molar-refractivity contribution in [2.75, 3.05) is 4.72 Å². The molecule has 1 heterocycles. The highest BCUT2D eigenvalue weighted by Crippen LogP contribution is 2.24. The fourth-order valence-corrected chi connectivity index (χ4v) is 3.47. The number of oxazole rings is 1. The van der Waals surface area contributed by atoms with Crippen molar-refractivity contribution in [3.8, 4) is 0 Å². The molecular formula is C15H13ClN2O4S. The number of rotatable bonds is 3. The lowest BCUT2D eigenvalue weighted by molar-refractivity contribution is 0.528. The van der Waals surface area contributed by atoms with Crippen molar-refractivity contribution < 1.29 is 12.8 Å². The summed E-state index contributed by atoms with van der Waals surface area (Å²) in [5, 5.41) is 0.373. The number of hydrogen-bond acceptors (Lipinski definition) is 4. The first-order valence-electron chi connectivity index (χ1n) is 6.66. The zero-order valence-corrected chi connectivity index (χ0v) is 13.9. The first-order chi connectivity index (χ1) is 10.8. The van der Waals surface area contributed by atoms with Crippen LogP contribution in [0.15, 0.2) is 50.5 Å². The number of benzene rings is 2. The number of nitrogens with zero attached hydrogens (tertiary/aromatic N) is 1. The molecular weight excluding hydrogens is 340 g/mol. The van der Waals surface area contributed by atoms with E-state index in [0.717, 1.165) is 5.56 Å². The SMILES string of the molecule is Cc1ccc(S(=O)(=O)Nc2ccc3c(c2)oc(=O)n3C)cc1Cl. The molecule has 3 aromatic rings. The zero-order valence-electron chi connectivity index (χ0n) is 12.3. The average Bonchev–Trinajstić information content (AvgIpc) is 2.76. The predicted octanol–water partition coefficient (Wildman–Crippen LogP) is 2.89. The normalized spacial score (nSPS) is 11.8. The quantitative estimate of drug-likeness (QED) is 0.785. The fraction of sp³-hybridized carbons (Fsp3) is 0.133. The van der Waals surface area contributed by atoms with Crippen molar-refractivity contribution in [2.24, 2.45) is 7.05 Å². The summed E-state index contributed by atoms with van der Waals surface area (Å²) < 4.78 is 33.6. The van der Waals surface area contributed by atoms with Gasteiger partial charge >= 0.3 is 5.76 Å². The zero-order chi connectivity index (χ0) is 16.8. The van der Waals surface area contributed by atoms with E-state index in [2.05, 4.69) is 4.72 Å². The van der Waals surface area contributed by atoms with Gasteiger partial charge in [0.2, 0.25) is 0 Å². The molecule has 120 valence electrons. The Labute approximate surface area is 137 Å². The van der Waals surface area contributed by atoms with Crippen LogP contribution in [0.5, 0.6) is 0 Å². The van der Waals surface area contributed by atoms with Crippen molar-refractivity contribution in [3.63, 3.8) is 0 Å². The summed E-state index contributed by atoms with van der Waals surface area (Å²) in [5.41, 5.74) is 1.97. The molecule has 0 unspecified atom stereocenters. The lowest BCUT2D eigenvalue weighted by Crippen LogP contribution is -2.13. The van der Waals surface area contributed by atoms with Crippen LogP contribution < -0.4 is 10.5 Å². The van der Waals surface area contributed by atoms with E-state index in [1.807, 2.05) is 0 Å². The van der Waals surface area contributed by atoms with E-state index in [0.29, 0.717) is 21.8 Å². The van der Waals surface area contributed by atoms with Crippen molar-refractivity contribution in [2.45, 2.75) is 11.8 Å². The molecule has 0 saturated heterocycles. The number of aromatic nitrogens is 1. The molecule has 0 amide bonds. The maximum atomic E-state index is 12.4. The molecule has 0 aliphatic heterocycles. The monoisotopic (exact) mass is 352 g/mol. The summed E-state index contributed by atoms with van der Waals surface area (Å²) in [5.74, 6) is -0.509. The molecule has 0 spiro atoms. The Bertz CT molecular complexity index is 1070. The van der Waals surface area contributed by atoms with E-state index in [9.17, 15) is 13.2 Å². The van der Waals surface area contributed by atoms with Gasteiger partial charge in [0.25, 0.3) is 10.0 Å². The van der Waals surface area contributed by atoms with Gasteiger partial charge < -0.3 is 4.42 Å². The van der Waals surface area contributed by atoms with Crippen LogP contribution in [0.1, 0.15) is 5.56 Å². The number of sulfonamides is 1. The molecule has 0 saturated carbocycles. The Kier molecular flexibility index (Phi) is 3.69. The minimum absolute atomic E-state index is 0.0581. The first-order valence-corrected chi connectivity index (χ1v) is 8.52. The minimum atomic E-state index is -3.79. The topological polar surface area (TPSA) is 81.3 Å². The van der Waals surface area contributed by atoms with Crippen LogP contribution in [0, 0.1) is 6.92 Å². The molecule has 0 atom stereocenters. The summed E-state index contributed by atoms with van der Waals surface area (Å²) in [6, 6.07) is 9.14. The third-order valence-corrected chi connectivity index (χ3v) is 5.28. The van der Waals surface area contributed by atoms with Crippen LogP contribution in [-0.4, -0.2) is 13.0 Å². The highest BCUT2D eigenvalue weighted by molar-refractivity contribution is 7.92. The van der Waals surface area contributed by atoms with Crippen molar-refractivity contribution in [1.82, 2.24) is 4.57 Å². The average molecular weight is 353 g/mol. The Morgan fingerprint density at radius 3 is 2.61 bits per heavy atom. The van der Waals surface area contributed by atoms with E-state index in [1.165, 1.54) is 22.8 Å². The summed E-state index contributed by atoms with van der Waals surface area (Å²) in [7, 11) is -2.21. The molecule has 23 heavy (non-hydrogen) atoms. The standard InChI is InChI=1S/C15H13ClN2O4S/c1-9-3-5-11(8-12(9)16)23(20,21)17-10-4-6-13-14(7-10)22-15(19)18(13)2/h3-8,17H,1-2H3. The van der Waals surface area contributed by atoms with Gasteiger partial charge in [0, 0.05) is 18.1 Å². The summed E-state index contributed by atoms with van der Waals surface area (Å²) in [6.45, 7) is 1.79. The lowest BCUT2D eigenvalue weighted by Gasteiger charge is -2.09. The van der Waals surface area contributed by atoms with E-state index >= 15 is 0 Å². The highest BCUT2D eigenvalue weighted by Gasteiger charge is 2.16. The second-order valence-corrected chi connectivity index (χ2v) is 7.22. The molecule has 0 aliphatic carbocycles. The molecule has 8 heteroatoms. The van der Waals surface area contributed by atoms with Gasteiger partial charge in [-0.05, 0) is 36.8 Å². The lowest BCUT2D eigenvalue weighted by atomic mass is 10.2. The van der Waals surface area contributed by atoms with Gasteiger partial charge in [0.1, 0.15) is 0 Å². The van der Waals surface area contributed by atoms with E-state index in [1.54, 1.807) is 32.2 Å². The Balaban J connectivity index is 1.99. The third kappa shape index (κ3) is 2.85. The fourth-order valence-electron chi connectivity index (χ4n) is 2.15. The van der Waals surface area contributed by atoms with Crippen LogP contribution >= 0.6 is 11.6 Å². The maximum absolute atomic E-state index is 12.4. The maximum Gasteiger partial charge on any atom is 0.419 e. The Hall–Kier alpha value is -2.25. The number of aryl methyl sites for hydroxylation is 2. The van der Waals surface area contributed by atoms with Crippen LogP contribution in [0.2, 0.25) is 5.02 Å². The molecule has 0 bridgehead atoms. The number of nitrogens with one attached hydrogen (secondary N) is 1. The Morgan fingerprint density at radius 1 is 1.17 bits per heavy atom. The second-order valence-electron chi connectivity index (χ2n) is 5.13. The van der Waals surface area contributed by atoms with Crippen LogP contribution in [-0.2, 0) is 17.1 Å². The van der Waals surface area contributed by atoms with E-state index in [-0.39, 0.29) is 4.90 Å². The van der Waals surface area contributed by atoms with Gasteiger partial charge in [-0.25, -0.2) is 13.2 Å². The van der Waals surface area contributed by atoms with Gasteiger partial charge in [-0.3, -0.25) is 9.29 Å². The van der Waals surface area contributed by atoms with Crippen molar-refractivity contribution >= 4 is 38.4 Å². The molecule has 2 aromatic carbocycles. The van der Waals surface area contributed by atoms with Crippen LogP contribution in [0.4, 0.5) is 5.69 Å². The molecule has 1 aromatic heterocycles. The summed E-state index contributed by atoms with van der Waals surface area (Å²) in [4.78, 5) is 11.5. The second kappa shape index (κ2) is 5.43. The number of halogens is 1.